The average Bonchev–Trinajstić information content (AvgIpc) is 3.01. The van der Waals surface area contributed by atoms with Gasteiger partial charge in [-0.2, -0.15) is 0 Å². The first-order chi connectivity index (χ1) is 9.61. The summed E-state index contributed by atoms with van der Waals surface area (Å²) in [6.07, 6.45) is 5.39. The number of hydrogen-bond donors (Lipinski definition) is 1. The van der Waals surface area contributed by atoms with Gasteiger partial charge in [0.1, 0.15) is 0 Å². The number of aliphatic hydroxyl groups excluding tert-OH is 1. The fourth-order valence-corrected chi connectivity index (χ4v) is 3.33. The number of benzene rings is 1. The molecule has 1 aromatic rings. The molecule has 0 amide bonds. The second kappa shape index (κ2) is 6.73. The van der Waals surface area contributed by atoms with Crippen molar-refractivity contribution >= 4 is 0 Å². The van der Waals surface area contributed by atoms with E-state index in [0.717, 1.165) is 31.5 Å². The van der Waals surface area contributed by atoms with Crippen LogP contribution in [0.2, 0.25) is 0 Å². The predicted octanol–water partition coefficient (Wildman–Crippen LogP) is 3.94. The Hall–Kier alpha value is -0.860. The molecule has 112 valence electrons. The SMILES string of the molecule is CCCc1ccc(C(O)C(C)(CC)N2CCCC2)cc1. The van der Waals surface area contributed by atoms with Crippen molar-refractivity contribution < 1.29 is 5.11 Å². The van der Waals surface area contributed by atoms with Crippen LogP contribution in [0.1, 0.15) is 63.7 Å². The summed E-state index contributed by atoms with van der Waals surface area (Å²) in [5, 5.41) is 10.9. The highest BCUT2D eigenvalue weighted by Crippen LogP contribution is 2.36. The molecule has 0 spiro atoms. The van der Waals surface area contributed by atoms with Crippen LogP contribution < -0.4 is 0 Å². The van der Waals surface area contributed by atoms with Crippen molar-refractivity contribution in [2.45, 2.75) is 64.5 Å². The highest BCUT2D eigenvalue weighted by atomic mass is 16.3. The minimum Gasteiger partial charge on any atom is -0.386 e. The molecule has 1 N–H and O–H groups in total. The number of hydrogen-bond acceptors (Lipinski definition) is 2. The van der Waals surface area contributed by atoms with Gasteiger partial charge in [0.15, 0.2) is 0 Å². The van der Waals surface area contributed by atoms with Gasteiger partial charge < -0.3 is 5.11 Å². The van der Waals surface area contributed by atoms with Gasteiger partial charge in [-0.15, -0.1) is 0 Å². The van der Waals surface area contributed by atoms with Crippen molar-refractivity contribution in [2.24, 2.45) is 0 Å². The Morgan fingerprint density at radius 2 is 1.75 bits per heavy atom. The van der Waals surface area contributed by atoms with Crippen molar-refractivity contribution in [3.8, 4) is 0 Å². The Morgan fingerprint density at radius 1 is 1.15 bits per heavy atom. The number of aryl methyl sites for hydroxylation is 1. The minimum absolute atomic E-state index is 0.136. The quantitative estimate of drug-likeness (QED) is 0.850. The highest BCUT2D eigenvalue weighted by Gasteiger charge is 2.39. The second-order valence-corrected chi connectivity index (χ2v) is 6.30. The molecule has 1 saturated heterocycles. The summed E-state index contributed by atoms with van der Waals surface area (Å²) in [7, 11) is 0. The second-order valence-electron chi connectivity index (χ2n) is 6.30. The molecular formula is C18H29NO. The van der Waals surface area contributed by atoms with Gasteiger partial charge in [-0.25, -0.2) is 0 Å². The van der Waals surface area contributed by atoms with E-state index in [1.807, 2.05) is 0 Å². The van der Waals surface area contributed by atoms with Crippen LogP contribution in [0.4, 0.5) is 0 Å². The predicted molar refractivity (Wildman–Crippen MR) is 84.9 cm³/mol. The van der Waals surface area contributed by atoms with Crippen molar-refractivity contribution in [3.05, 3.63) is 35.4 Å². The summed E-state index contributed by atoms with van der Waals surface area (Å²) in [5.41, 5.74) is 2.28. The van der Waals surface area contributed by atoms with E-state index in [9.17, 15) is 5.11 Å². The first-order valence-electron chi connectivity index (χ1n) is 8.13. The summed E-state index contributed by atoms with van der Waals surface area (Å²) in [5.74, 6) is 0. The normalized spacial score (nSPS) is 20.8. The van der Waals surface area contributed by atoms with Crippen molar-refractivity contribution in [1.82, 2.24) is 4.90 Å². The van der Waals surface area contributed by atoms with Gasteiger partial charge in [-0.1, -0.05) is 44.5 Å². The van der Waals surface area contributed by atoms with Gasteiger partial charge in [0.05, 0.1) is 6.10 Å². The monoisotopic (exact) mass is 275 g/mol. The third-order valence-electron chi connectivity index (χ3n) is 4.97. The first kappa shape index (κ1) is 15.5. The summed E-state index contributed by atoms with van der Waals surface area (Å²) < 4.78 is 0. The first-order valence-corrected chi connectivity index (χ1v) is 8.13. The Morgan fingerprint density at radius 3 is 2.25 bits per heavy atom. The smallest absolute Gasteiger partial charge is 0.0970 e. The van der Waals surface area contributed by atoms with E-state index in [1.54, 1.807) is 0 Å². The topological polar surface area (TPSA) is 23.5 Å². The summed E-state index contributed by atoms with van der Waals surface area (Å²) in [6.45, 7) is 8.84. The molecule has 2 heteroatoms. The Bertz CT molecular complexity index is 408. The molecule has 1 aliphatic heterocycles. The molecule has 1 fully saturated rings. The van der Waals surface area contributed by atoms with Gasteiger partial charge in [-0.3, -0.25) is 4.90 Å². The molecule has 2 rings (SSSR count). The third kappa shape index (κ3) is 3.07. The fourth-order valence-electron chi connectivity index (χ4n) is 3.33. The molecule has 0 aromatic heterocycles. The van der Waals surface area contributed by atoms with Crippen LogP contribution >= 0.6 is 0 Å². The number of nitrogens with zero attached hydrogens (tertiary/aromatic N) is 1. The van der Waals surface area contributed by atoms with E-state index >= 15 is 0 Å². The molecule has 2 unspecified atom stereocenters. The maximum atomic E-state index is 10.9. The Kier molecular flexibility index (Phi) is 5.22. The van der Waals surface area contributed by atoms with Crippen LogP contribution in [0.3, 0.4) is 0 Å². The van der Waals surface area contributed by atoms with Crippen LogP contribution in [0, 0.1) is 0 Å². The molecular weight excluding hydrogens is 246 g/mol. The van der Waals surface area contributed by atoms with Crippen LogP contribution in [-0.4, -0.2) is 28.6 Å². The maximum absolute atomic E-state index is 10.9. The standard InChI is InChI=1S/C18H29NO/c1-4-8-15-9-11-16(12-10-15)17(20)18(3,5-2)19-13-6-7-14-19/h9-12,17,20H,4-8,13-14H2,1-3H3. The summed E-state index contributed by atoms with van der Waals surface area (Å²) >= 11 is 0. The zero-order valence-electron chi connectivity index (χ0n) is 13.2. The van der Waals surface area contributed by atoms with E-state index in [1.165, 1.54) is 24.8 Å². The molecule has 0 saturated carbocycles. The van der Waals surface area contributed by atoms with E-state index < -0.39 is 6.10 Å². The van der Waals surface area contributed by atoms with Crippen LogP contribution in [0.5, 0.6) is 0 Å². The van der Waals surface area contributed by atoms with E-state index in [4.69, 9.17) is 0 Å². The zero-order chi connectivity index (χ0) is 14.6. The summed E-state index contributed by atoms with van der Waals surface area (Å²) in [4.78, 5) is 2.47. The van der Waals surface area contributed by atoms with E-state index in [2.05, 4.69) is 49.9 Å². The minimum atomic E-state index is -0.402. The fraction of sp³-hybridized carbons (Fsp3) is 0.667. The molecule has 2 atom stereocenters. The molecule has 20 heavy (non-hydrogen) atoms. The third-order valence-corrected chi connectivity index (χ3v) is 4.97. The molecule has 1 heterocycles. The lowest BCUT2D eigenvalue weighted by atomic mass is 9.85. The van der Waals surface area contributed by atoms with Crippen LogP contribution in [-0.2, 0) is 6.42 Å². The molecule has 2 nitrogen and oxygen atoms in total. The number of likely N-dealkylation sites (tertiary alicyclic amines) is 1. The lowest BCUT2D eigenvalue weighted by Crippen LogP contribution is -2.48. The van der Waals surface area contributed by atoms with E-state index in [0.29, 0.717) is 0 Å². The Labute approximate surface area is 123 Å². The largest absolute Gasteiger partial charge is 0.386 e. The van der Waals surface area contributed by atoms with Gasteiger partial charge in [-0.05, 0) is 56.8 Å². The van der Waals surface area contributed by atoms with Crippen LogP contribution in [0.15, 0.2) is 24.3 Å². The van der Waals surface area contributed by atoms with Gasteiger partial charge in [0.25, 0.3) is 0 Å². The van der Waals surface area contributed by atoms with Crippen LogP contribution in [0.25, 0.3) is 0 Å². The molecule has 0 radical (unpaired) electrons. The summed E-state index contributed by atoms with van der Waals surface area (Å²) in [6, 6.07) is 8.56. The van der Waals surface area contributed by atoms with E-state index in [-0.39, 0.29) is 5.54 Å². The van der Waals surface area contributed by atoms with Crippen molar-refractivity contribution in [3.63, 3.8) is 0 Å². The Balaban J connectivity index is 2.16. The van der Waals surface area contributed by atoms with Crippen molar-refractivity contribution in [1.29, 1.82) is 0 Å². The van der Waals surface area contributed by atoms with Crippen molar-refractivity contribution in [2.75, 3.05) is 13.1 Å². The zero-order valence-corrected chi connectivity index (χ0v) is 13.2. The average molecular weight is 275 g/mol. The van der Waals surface area contributed by atoms with Gasteiger partial charge in [0.2, 0.25) is 0 Å². The molecule has 1 aliphatic rings. The van der Waals surface area contributed by atoms with Gasteiger partial charge in [0, 0.05) is 5.54 Å². The lowest BCUT2D eigenvalue weighted by molar-refractivity contribution is -0.0140. The highest BCUT2D eigenvalue weighted by molar-refractivity contribution is 5.26. The molecule has 0 bridgehead atoms. The lowest BCUT2D eigenvalue weighted by Gasteiger charge is -2.42. The maximum Gasteiger partial charge on any atom is 0.0970 e. The number of rotatable bonds is 6. The molecule has 0 aliphatic carbocycles. The van der Waals surface area contributed by atoms with Gasteiger partial charge >= 0.3 is 0 Å². The molecule has 1 aromatic carbocycles. The number of aliphatic hydroxyl groups is 1.